The Labute approximate surface area is 138 Å². The summed E-state index contributed by atoms with van der Waals surface area (Å²) < 4.78 is 7.88. The van der Waals surface area contributed by atoms with Gasteiger partial charge in [-0.2, -0.15) is 0 Å². The van der Waals surface area contributed by atoms with Gasteiger partial charge in [0, 0.05) is 20.1 Å². The van der Waals surface area contributed by atoms with Crippen LogP contribution in [0.25, 0.3) is 0 Å². The standard InChI is InChI=1S/C16H30N6O/c1-11(2)23-14-8-6-13(7-9-14)19-16(17-4)18-10-15-21-20-12(3)22(15)5/h11,13-14H,6-10H2,1-5H3,(H2,17,18,19). The molecule has 130 valence electrons. The second kappa shape index (κ2) is 8.29. The van der Waals surface area contributed by atoms with Crippen LogP contribution in [-0.4, -0.2) is 46.0 Å². The number of nitrogens with zero attached hydrogens (tertiary/aromatic N) is 4. The Morgan fingerprint density at radius 1 is 1.30 bits per heavy atom. The SMILES string of the molecule is CN=C(NCc1nnc(C)n1C)NC1CCC(OC(C)C)CC1. The number of rotatable bonds is 5. The summed E-state index contributed by atoms with van der Waals surface area (Å²) in [6.07, 6.45) is 5.16. The lowest BCUT2D eigenvalue weighted by molar-refractivity contribution is -0.0152. The van der Waals surface area contributed by atoms with Gasteiger partial charge in [-0.25, -0.2) is 0 Å². The maximum absolute atomic E-state index is 5.90. The Bertz CT molecular complexity index is 517. The molecule has 0 aromatic carbocycles. The molecule has 1 aromatic rings. The molecule has 7 heteroatoms. The summed E-state index contributed by atoms with van der Waals surface area (Å²) in [5.74, 6) is 2.63. The van der Waals surface area contributed by atoms with Crippen LogP contribution in [0.1, 0.15) is 51.2 Å². The lowest BCUT2D eigenvalue weighted by atomic mass is 9.93. The van der Waals surface area contributed by atoms with E-state index in [1.165, 1.54) is 0 Å². The normalized spacial score (nSPS) is 22.4. The van der Waals surface area contributed by atoms with E-state index in [-0.39, 0.29) is 0 Å². The van der Waals surface area contributed by atoms with Crippen LogP contribution >= 0.6 is 0 Å². The van der Waals surface area contributed by atoms with Crippen LogP contribution in [0.4, 0.5) is 0 Å². The molecule has 1 heterocycles. The van der Waals surface area contributed by atoms with Crippen LogP contribution in [0.3, 0.4) is 0 Å². The van der Waals surface area contributed by atoms with Crippen LogP contribution in [-0.2, 0) is 18.3 Å². The van der Waals surface area contributed by atoms with Gasteiger partial charge in [-0.3, -0.25) is 4.99 Å². The highest BCUT2D eigenvalue weighted by Crippen LogP contribution is 2.22. The molecule has 7 nitrogen and oxygen atoms in total. The molecule has 0 radical (unpaired) electrons. The summed E-state index contributed by atoms with van der Waals surface area (Å²) in [4.78, 5) is 4.31. The molecule has 1 saturated carbocycles. The van der Waals surface area contributed by atoms with E-state index < -0.39 is 0 Å². The largest absolute Gasteiger partial charge is 0.376 e. The summed E-state index contributed by atoms with van der Waals surface area (Å²) in [7, 11) is 3.77. The number of aryl methyl sites for hydroxylation is 1. The van der Waals surface area contributed by atoms with Crippen molar-refractivity contribution < 1.29 is 4.74 Å². The van der Waals surface area contributed by atoms with Gasteiger partial charge >= 0.3 is 0 Å². The number of aromatic nitrogens is 3. The second-order valence-electron chi connectivity index (χ2n) is 6.45. The van der Waals surface area contributed by atoms with Gasteiger partial charge in [-0.15, -0.1) is 10.2 Å². The predicted molar refractivity (Wildman–Crippen MR) is 91.3 cm³/mol. The van der Waals surface area contributed by atoms with Gasteiger partial charge in [0.05, 0.1) is 18.8 Å². The fourth-order valence-electron chi connectivity index (χ4n) is 2.88. The first-order valence-electron chi connectivity index (χ1n) is 8.47. The third-order valence-corrected chi connectivity index (χ3v) is 4.30. The molecule has 23 heavy (non-hydrogen) atoms. The van der Waals surface area contributed by atoms with Gasteiger partial charge < -0.3 is 19.9 Å². The van der Waals surface area contributed by atoms with Gasteiger partial charge in [0.15, 0.2) is 11.8 Å². The average Bonchev–Trinajstić information content (AvgIpc) is 2.84. The van der Waals surface area contributed by atoms with Crippen molar-refractivity contribution >= 4 is 5.96 Å². The van der Waals surface area contributed by atoms with Gasteiger partial charge in [-0.1, -0.05) is 0 Å². The number of hydrogen-bond acceptors (Lipinski definition) is 4. The maximum Gasteiger partial charge on any atom is 0.191 e. The van der Waals surface area contributed by atoms with Crippen LogP contribution < -0.4 is 10.6 Å². The van der Waals surface area contributed by atoms with Crippen LogP contribution in [0, 0.1) is 6.92 Å². The molecule has 0 spiro atoms. The Morgan fingerprint density at radius 3 is 2.52 bits per heavy atom. The molecule has 0 unspecified atom stereocenters. The molecule has 0 atom stereocenters. The van der Waals surface area contributed by atoms with Crippen LogP contribution in [0.2, 0.25) is 0 Å². The van der Waals surface area contributed by atoms with E-state index in [0.717, 1.165) is 43.3 Å². The van der Waals surface area contributed by atoms with Gasteiger partial charge in [0.2, 0.25) is 0 Å². The smallest absolute Gasteiger partial charge is 0.191 e. The van der Waals surface area contributed by atoms with Crippen molar-refractivity contribution in [2.45, 2.75) is 71.2 Å². The molecule has 1 fully saturated rings. The lowest BCUT2D eigenvalue weighted by Crippen LogP contribution is -2.45. The Morgan fingerprint density at radius 2 is 2.00 bits per heavy atom. The van der Waals surface area contributed by atoms with Crippen molar-refractivity contribution in [3.8, 4) is 0 Å². The first kappa shape index (κ1) is 17.7. The average molecular weight is 322 g/mol. The van der Waals surface area contributed by atoms with Crippen molar-refractivity contribution in [2.75, 3.05) is 7.05 Å². The molecule has 0 bridgehead atoms. The van der Waals surface area contributed by atoms with Crippen molar-refractivity contribution in [2.24, 2.45) is 12.0 Å². The fraction of sp³-hybridized carbons (Fsp3) is 0.812. The molecule has 2 rings (SSSR count). The first-order valence-corrected chi connectivity index (χ1v) is 8.47. The van der Waals surface area contributed by atoms with Crippen molar-refractivity contribution in [3.05, 3.63) is 11.6 Å². The zero-order valence-corrected chi connectivity index (χ0v) is 15.0. The molecular weight excluding hydrogens is 292 g/mol. The van der Waals surface area contributed by atoms with Crippen molar-refractivity contribution in [3.63, 3.8) is 0 Å². The number of nitrogens with one attached hydrogen (secondary N) is 2. The van der Waals surface area contributed by atoms with Crippen LogP contribution in [0.15, 0.2) is 4.99 Å². The summed E-state index contributed by atoms with van der Waals surface area (Å²) in [5, 5.41) is 15.0. The monoisotopic (exact) mass is 322 g/mol. The Kier molecular flexibility index (Phi) is 6.38. The number of hydrogen-bond donors (Lipinski definition) is 2. The predicted octanol–water partition coefficient (Wildman–Crippen LogP) is 1.52. The highest BCUT2D eigenvalue weighted by atomic mass is 16.5. The Hall–Kier alpha value is -1.63. The zero-order valence-electron chi connectivity index (χ0n) is 15.0. The zero-order chi connectivity index (χ0) is 16.8. The summed E-state index contributed by atoms with van der Waals surface area (Å²) in [6, 6.07) is 0.453. The van der Waals surface area contributed by atoms with Gasteiger partial charge in [-0.05, 0) is 46.5 Å². The third kappa shape index (κ3) is 5.20. The molecule has 1 aromatic heterocycles. The minimum atomic E-state index is 0.314. The van der Waals surface area contributed by atoms with E-state index in [2.05, 4.69) is 39.7 Å². The van der Waals surface area contributed by atoms with Crippen molar-refractivity contribution in [1.29, 1.82) is 0 Å². The fourth-order valence-corrected chi connectivity index (χ4v) is 2.88. The quantitative estimate of drug-likeness (QED) is 0.635. The molecule has 0 amide bonds. The van der Waals surface area contributed by atoms with Gasteiger partial charge in [0.1, 0.15) is 5.82 Å². The molecule has 1 aliphatic rings. The molecule has 2 N–H and O–H groups in total. The van der Waals surface area contributed by atoms with E-state index in [9.17, 15) is 0 Å². The highest BCUT2D eigenvalue weighted by Gasteiger charge is 2.23. The number of ether oxygens (including phenoxy) is 1. The highest BCUT2D eigenvalue weighted by molar-refractivity contribution is 5.79. The lowest BCUT2D eigenvalue weighted by Gasteiger charge is -2.31. The topological polar surface area (TPSA) is 76.4 Å². The van der Waals surface area contributed by atoms with E-state index in [4.69, 9.17) is 4.74 Å². The summed E-state index contributed by atoms with van der Waals surface area (Å²) in [6.45, 7) is 6.76. The van der Waals surface area contributed by atoms with E-state index >= 15 is 0 Å². The molecule has 0 saturated heterocycles. The Balaban J connectivity index is 1.76. The molecule has 0 aliphatic heterocycles. The second-order valence-corrected chi connectivity index (χ2v) is 6.45. The summed E-state index contributed by atoms with van der Waals surface area (Å²) in [5.41, 5.74) is 0. The minimum Gasteiger partial charge on any atom is -0.376 e. The third-order valence-electron chi connectivity index (χ3n) is 4.30. The van der Waals surface area contributed by atoms with E-state index in [0.29, 0.717) is 24.8 Å². The van der Waals surface area contributed by atoms with E-state index in [1.54, 1.807) is 7.05 Å². The molecule has 1 aliphatic carbocycles. The number of aliphatic imine (C=N–C) groups is 1. The molecular formula is C16H30N6O. The first-order chi connectivity index (χ1) is 11.0. The van der Waals surface area contributed by atoms with E-state index in [1.807, 2.05) is 18.5 Å². The minimum absolute atomic E-state index is 0.314. The maximum atomic E-state index is 5.90. The van der Waals surface area contributed by atoms with Gasteiger partial charge in [0.25, 0.3) is 0 Å². The van der Waals surface area contributed by atoms with Crippen LogP contribution in [0.5, 0.6) is 0 Å². The summed E-state index contributed by atoms with van der Waals surface area (Å²) >= 11 is 0. The number of guanidine groups is 1. The van der Waals surface area contributed by atoms with Crippen molar-refractivity contribution in [1.82, 2.24) is 25.4 Å².